The van der Waals surface area contributed by atoms with Gasteiger partial charge in [-0.15, -0.1) is 0 Å². The van der Waals surface area contributed by atoms with E-state index in [1.807, 2.05) is 6.92 Å². The molecular weight excluding hydrogens is 286 g/mol. The van der Waals surface area contributed by atoms with E-state index in [2.05, 4.69) is 12.2 Å². The smallest absolute Gasteiger partial charge is 0.335 e. The Labute approximate surface area is 130 Å². The lowest BCUT2D eigenvalue weighted by atomic mass is 10.0. The van der Waals surface area contributed by atoms with E-state index < -0.39 is 5.97 Å². The first-order valence-electron chi connectivity index (χ1n) is 7.22. The molecular formula is C16H23NO5. The molecule has 0 aliphatic heterocycles. The van der Waals surface area contributed by atoms with E-state index in [9.17, 15) is 9.59 Å². The summed E-state index contributed by atoms with van der Waals surface area (Å²) in [5.41, 5.74) is 0.322. The first kappa shape index (κ1) is 17.8. The minimum absolute atomic E-state index is 0.0227. The van der Waals surface area contributed by atoms with E-state index in [0.29, 0.717) is 17.9 Å². The van der Waals surface area contributed by atoms with E-state index in [1.165, 1.54) is 26.4 Å². The van der Waals surface area contributed by atoms with Crippen LogP contribution in [0.3, 0.4) is 0 Å². The monoisotopic (exact) mass is 309 g/mol. The number of carboxylic acid groups (broad SMARTS) is 1. The Balaban J connectivity index is 3.03. The summed E-state index contributed by atoms with van der Waals surface area (Å²) in [5, 5.41) is 11.8. The van der Waals surface area contributed by atoms with Crippen molar-refractivity contribution in [3.05, 3.63) is 17.7 Å². The predicted octanol–water partition coefficient (Wildman–Crippen LogP) is 3.17. The molecule has 6 heteroatoms. The molecule has 1 rings (SSSR count). The zero-order valence-electron chi connectivity index (χ0n) is 13.4. The molecule has 0 radical (unpaired) electrons. The largest absolute Gasteiger partial charge is 0.493 e. The molecule has 0 aliphatic rings. The SMILES string of the molecule is CCCC(C)CC(=O)Nc1cc(C(=O)O)cc(OC)c1OC. The third-order valence-corrected chi connectivity index (χ3v) is 3.32. The van der Waals surface area contributed by atoms with Crippen molar-refractivity contribution in [1.29, 1.82) is 0 Å². The second-order valence-electron chi connectivity index (χ2n) is 5.21. The molecule has 0 bridgehead atoms. The van der Waals surface area contributed by atoms with E-state index >= 15 is 0 Å². The lowest BCUT2D eigenvalue weighted by molar-refractivity contribution is -0.117. The van der Waals surface area contributed by atoms with E-state index in [1.54, 1.807) is 0 Å². The molecule has 0 aromatic heterocycles. The van der Waals surface area contributed by atoms with Crippen LogP contribution in [0.25, 0.3) is 0 Å². The van der Waals surface area contributed by atoms with E-state index in [0.717, 1.165) is 12.8 Å². The van der Waals surface area contributed by atoms with Crippen LogP contribution < -0.4 is 14.8 Å². The first-order chi connectivity index (χ1) is 10.4. The molecule has 2 N–H and O–H groups in total. The lowest BCUT2D eigenvalue weighted by Crippen LogP contribution is -2.16. The molecule has 1 amide bonds. The highest BCUT2D eigenvalue weighted by Crippen LogP contribution is 2.36. The molecule has 22 heavy (non-hydrogen) atoms. The second kappa shape index (κ2) is 8.26. The molecule has 1 atom stereocenters. The quantitative estimate of drug-likeness (QED) is 0.770. The number of methoxy groups -OCH3 is 2. The number of aromatic carboxylic acids is 1. The van der Waals surface area contributed by atoms with E-state index in [-0.39, 0.29) is 23.1 Å². The minimum Gasteiger partial charge on any atom is -0.493 e. The summed E-state index contributed by atoms with van der Waals surface area (Å²) in [7, 11) is 2.85. The number of ether oxygens (including phenoxy) is 2. The summed E-state index contributed by atoms with van der Waals surface area (Å²) >= 11 is 0. The van der Waals surface area contributed by atoms with Gasteiger partial charge in [-0.2, -0.15) is 0 Å². The molecule has 6 nitrogen and oxygen atoms in total. The Morgan fingerprint density at radius 3 is 2.45 bits per heavy atom. The van der Waals surface area contributed by atoms with E-state index in [4.69, 9.17) is 14.6 Å². The summed E-state index contributed by atoms with van der Waals surface area (Å²) in [6.45, 7) is 4.08. The van der Waals surface area contributed by atoms with Gasteiger partial charge in [0, 0.05) is 6.42 Å². The number of carboxylic acids is 1. The highest BCUT2D eigenvalue weighted by atomic mass is 16.5. The molecule has 1 aromatic rings. The number of hydrogen-bond acceptors (Lipinski definition) is 4. The van der Waals surface area contributed by atoms with Crippen LogP contribution in [0.15, 0.2) is 12.1 Å². The van der Waals surface area contributed by atoms with Crippen LogP contribution >= 0.6 is 0 Å². The Kier molecular flexibility index (Phi) is 6.69. The molecule has 122 valence electrons. The number of benzene rings is 1. The van der Waals surface area contributed by atoms with Crippen LogP contribution in [-0.4, -0.2) is 31.2 Å². The van der Waals surface area contributed by atoms with Gasteiger partial charge in [-0.3, -0.25) is 4.79 Å². The van der Waals surface area contributed by atoms with Crippen LogP contribution in [0.4, 0.5) is 5.69 Å². The molecule has 0 saturated carbocycles. The van der Waals surface area contributed by atoms with Crippen LogP contribution in [0.5, 0.6) is 11.5 Å². The van der Waals surface area contributed by atoms with Gasteiger partial charge in [0.25, 0.3) is 0 Å². The highest BCUT2D eigenvalue weighted by molar-refractivity contribution is 5.96. The minimum atomic E-state index is -1.10. The summed E-state index contributed by atoms with van der Waals surface area (Å²) in [4.78, 5) is 23.3. The summed E-state index contributed by atoms with van der Waals surface area (Å²) < 4.78 is 10.4. The van der Waals surface area contributed by atoms with Gasteiger partial charge >= 0.3 is 5.97 Å². The van der Waals surface area contributed by atoms with Gasteiger partial charge in [-0.05, 0) is 18.1 Å². The maximum Gasteiger partial charge on any atom is 0.335 e. The Morgan fingerprint density at radius 1 is 1.27 bits per heavy atom. The normalized spacial score (nSPS) is 11.6. The predicted molar refractivity (Wildman–Crippen MR) is 83.8 cm³/mol. The van der Waals surface area contributed by atoms with Gasteiger partial charge in [0.15, 0.2) is 11.5 Å². The van der Waals surface area contributed by atoms with Gasteiger partial charge in [0.1, 0.15) is 0 Å². The van der Waals surface area contributed by atoms with Crippen molar-refractivity contribution in [2.24, 2.45) is 5.92 Å². The Hall–Kier alpha value is -2.24. The Morgan fingerprint density at radius 2 is 1.95 bits per heavy atom. The van der Waals surface area contributed by atoms with Crippen LogP contribution in [0.2, 0.25) is 0 Å². The van der Waals surface area contributed by atoms with Crippen LogP contribution in [0, 0.1) is 5.92 Å². The van der Waals surface area contributed by atoms with Gasteiger partial charge < -0.3 is 19.9 Å². The standard InChI is InChI=1S/C16H23NO5/c1-5-6-10(2)7-14(18)17-12-8-11(16(19)20)9-13(21-3)15(12)22-4/h8-10H,5-7H2,1-4H3,(H,17,18)(H,19,20). The topological polar surface area (TPSA) is 84.9 Å². The fourth-order valence-corrected chi connectivity index (χ4v) is 2.29. The van der Waals surface area contributed by atoms with Crippen LogP contribution in [-0.2, 0) is 4.79 Å². The Bertz CT molecular complexity index is 542. The number of nitrogens with one attached hydrogen (secondary N) is 1. The van der Waals surface area contributed by atoms with Crippen molar-refractivity contribution in [3.8, 4) is 11.5 Å². The zero-order chi connectivity index (χ0) is 16.7. The summed E-state index contributed by atoms with van der Waals surface area (Å²) in [5.74, 6) is -0.441. The van der Waals surface area contributed by atoms with Crippen molar-refractivity contribution >= 4 is 17.6 Å². The van der Waals surface area contributed by atoms with Gasteiger partial charge in [-0.1, -0.05) is 26.7 Å². The number of amides is 1. The summed E-state index contributed by atoms with van der Waals surface area (Å²) in [6.07, 6.45) is 2.35. The fraction of sp³-hybridized carbons (Fsp3) is 0.500. The number of rotatable bonds is 8. The third-order valence-electron chi connectivity index (χ3n) is 3.32. The number of carbonyl (C=O) groups is 2. The third kappa shape index (κ3) is 4.65. The summed E-state index contributed by atoms with van der Waals surface area (Å²) in [6, 6.07) is 2.72. The average molecular weight is 309 g/mol. The second-order valence-corrected chi connectivity index (χ2v) is 5.21. The van der Waals surface area contributed by atoms with Crippen molar-refractivity contribution in [3.63, 3.8) is 0 Å². The van der Waals surface area contributed by atoms with Crippen molar-refractivity contribution in [2.45, 2.75) is 33.1 Å². The zero-order valence-corrected chi connectivity index (χ0v) is 13.4. The molecule has 0 heterocycles. The lowest BCUT2D eigenvalue weighted by Gasteiger charge is -2.16. The highest BCUT2D eigenvalue weighted by Gasteiger charge is 2.18. The van der Waals surface area contributed by atoms with Gasteiger partial charge in [0.2, 0.25) is 5.91 Å². The molecule has 0 fully saturated rings. The molecule has 0 aliphatic carbocycles. The number of carbonyl (C=O) groups excluding carboxylic acids is 1. The number of anilines is 1. The van der Waals surface area contributed by atoms with Crippen molar-refractivity contribution in [2.75, 3.05) is 19.5 Å². The fourth-order valence-electron chi connectivity index (χ4n) is 2.29. The molecule has 1 aromatic carbocycles. The van der Waals surface area contributed by atoms with Gasteiger partial charge in [-0.25, -0.2) is 4.79 Å². The molecule has 0 saturated heterocycles. The maximum atomic E-state index is 12.1. The average Bonchev–Trinajstić information content (AvgIpc) is 2.46. The van der Waals surface area contributed by atoms with Crippen molar-refractivity contribution in [1.82, 2.24) is 0 Å². The van der Waals surface area contributed by atoms with Crippen molar-refractivity contribution < 1.29 is 24.2 Å². The first-order valence-corrected chi connectivity index (χ1v) is 7.22. The van der Waals surface area contributed by atoms with Gasteiger partial charge in [0.05, 0.1) is 25.5 Å². The maximum absolute atomic E-state index is 12.1. The molecule has 1 unspecified atom stereocenters. The molecule has 0 spiro atoms. The number of hydrogen-bond donors (Lipinski definition) is 2. The van der Waals surface area contributed by atoms with Crippen LogP contribution in [0.1, 0.15) is 43.5 Å².